The fourth-order valence-corrected chi connectivity index (χ4v) is 3.77. The van der Waals surface area contributed by atoms with Gasteiger partial charge >= 0.3 is 10.2 Å². The van der Waals surface area contributed by atoms with E-state index in [-0.39, 0.29) is 13.0 Å². The third kappa shape index (κ3) is 3.28. The molecular formula is C13H18N4O2S. The highest BCUT2D eigenvalue weighted by Crippen LogP contribution is 2.20. The number of hydrogen-bond acceptors (Lipinski definition) is 4. The van der Waals surface area contributed by atoms with Gasteiger partial charge in [0, 0.05) is 32.7 Å². The van der Waals surface area contributed by atoms with Gasteiger partial charge in [0.05, 0.1) is 18.2 Å². The summed E-state index contributed by atoms with van der Waals surface area (Å²) in [6.07, 6.45) is 0.167. The number of benzene rings is 1. The number of para-hydroxylation sites is 1. The normalized spacial score (nSPS) is 16.6. The van der Waals surface area contributed by atoms with Crippen LogP contribution in [-0.4, -0.2) is 45.4 Å². The average molecular weight is 294 g/mol. The van der Waals surface area contributed by atoms with Gasteiger partial charge in [-0.2, -0.15) is 18.0 Å². The lowest BCUT2D eigenvalue weighted by atomic mass is 10.3. The minimum Gasteiger partial charge on any atom is -0.314 e. The van der Waals surface area contributed by atoms with Crippen LogP contribution in [0.25, 0.3) is 0 Å². The van der Waals surface area contributed by atoms with E-state index in [1.807, 2.05) is 12.1 Å². The third-order valence-corrected chi connectivity index (χ3v) is 5.12. The average Bonchev–Trinajstić information content (AvgIpc) is 2.49. The maximum absolute atomic E-state index is 12.7. The van der Waals surface area contributed by atoms with Crippen molar-refractivity contribution in [3.63, 3.8) is 0 Å². The Bertz CT molecular complexity index is 562. The van der Waals surface area contributed by atoms with Gasteiger partial charge < -0.3 is 5.32 Å². The SMILES string of the molecule is N#CCCN(c1ccccc1)S(=O)(=O)N1CCNCC1. The number of nitrogens with zero attached hydrogens (tertiary/aromatic N) is 3. The molecule has 7 heteroatoms. The van der Waals surface area contributed by atoms with Crippen LogP contribution in [0.1, 0.15) is 6.42 Å². The molecule has 1 N–H and O–H groups in total. The van der Waals surface area contributed by atoms with E-state index in [2.05, 4.69) is 5.32 Å². The second-order valence-electron chi connectivity index (χ2n) is 4.47. The lowest BCUT2D eigenvalue weighted by Gasteiger charge is -2.33. The fourth-order valence-electron chi connectivity index (χ4n) is 2.14. The molecule has 0 aliphatic carbocycles. The molecule has 0 bridgehead atoms. The monoisotopic (exact) mass is 294 g/mol. The molecular weight excluding hydrogens is 276 g/mol. The van der Waals surface area contributed by atoms with Gasteiger partial charge in [-0.25, -0.2) is 0 Å². The summed E-state index contributed by atoms with van der Waals surface area (Å²) in [7, 11) is -3.57. The molecule has 20 heavy (non-hydrogen) atoms. The van der Waals surface area contributed by atoms with Crippen LogP contribution in [0.3, 0.4) is 0 Å². The van der Waals surface area contributed by atoms with Crippen molar-refractivity contribution >= 4 is 15.9 Å². The molecule has 1 aliphatic heterocycles. The van der Waals surface area contributed by atoms with E-state index in [0.29, 0.717) is 31.9 Å². The Morgan fingerprint density at radius 1 is 1.25 bits per heavy atom. The molecule has 0 unspecified atom stereocenters. The highest BCUT2D eigenvalue weighted by atomic mass is 32.2. The van der Waals surface area contributed by atoms with E-state index in [0.717, 1.165) is 0 Å². The molecule has 1 saturated heterocycles. The zero-order valence-corrected chi connectivity index (χ0v) is 12.0. The molecule has 108 valence electrons. The first-order valence-electron chi connectivity index (χ1n) is 6.57. The second kappa shape index (κ2) is 6.70. The largest absolute Gasteiger partial charge is 0.314 e. The van der Waals surface area contributed by atoms with E-state index in [1.54, 1.807) is 24.3 Å². The van der Waals surface area contributed by atoms with E-state index >= 15 is 0 Å². The molecule has 1 heterocycles. The smallest absolute Gasteiger partial charge is 0.304 e. The van der Waals surface area contributed by atoms with E-state index in [1.165, 1.54) is 8.61 Å². The van der Waals surface area contributed by atoms with E-state index in [4.69, 9.17) is 5.26 Å². The summed E-state index contributed by atoms with van der Waals surface area (Å²) in [5, 5.41) is 11.9. The Labute approximate surface area is 119 Å². The summed E-state index contributed by atoms with van der Waals surface area (Å²) < 4.78 is 28.2. The summed E-state index contributed by atoms with van der Waals surface area (Å²) in [5.74, 6) is 0. The minimum absolute atomic E-state index is 0.167. The van der Waals surface area contributed by atoms with Crippen molar-refractivity contribution in [3.8, 4) is 6.07 Å². The molecule has 0 aromatic heterocycles. The van der Waals surface area contributed by atoms with Crippen LogP contribution in [0.5, 0.6) is 0 Å². The predicted octanol–water partition coefficient (Wildman–Crippen LogP) is 0.557. The standard InChI is InChI=1S/C13H18N4O2S/c14-7-4-10-17(13-5-2-1-3-6-13)20(18,19)16-11-8-15-9-12-16/h1-3,5-6,15H,4,8-12H2. The van der Waals surface area contributed by atoms with Crippen molar-refractivity contribution in [2.24, 2.45) is 0 Å². The quantitative estimate of drug-likeness (QED) is 0.861. The second-order valence-corrected chi connectivity index (χ2v) is 6.33. The molecule has 1 aliphatic rings. The van der Waals surface area contributed by atoms with Crippen LogP contribution >= 0.6 is 0 Å². The van der Waals surface area contributed by atoms with E-state index < -0.39 is 10.2 Å². The summed E-state index contributed by atoms with van der Waals surface area (Å²) in [6, 6.07) is 10.9. The first-order valence-corrected chi connectivity index (χ1v) is 7.96. The van der Waals surface area contributed by atoms with Crippen molar-refractivity contribution in [3.05, 3.63) is 30.3 Å². The summed E-state index contributed by atoms with van der Waals surface area (Å²) in [5.41, 5.74) is 0.598. The number of nitrogens with one attached hydrogen (secondary N) is 1. The summed E-state index contributed by atoms with van der Waals surface area (Å²) in [6.45, 7) is 2.39. The molecule has 1 aromatic carbocycles. The molecule has 6 nitrogen and oxygen atoms in total. The van der Waals surface area contributed by atoms with Crippen molar-refractivity contribution in [1.82, 2.24) is 9.62 Å². The predicted molar refractivity (Wildman–Crippen MR) is 77.4 cm³/mol. The van der Waals surface area contributed by atoms with Gasteiger partial charge in [0.15, 0.2) is 0 Å². The Balaban J connectivity index is 2.28. The van der Waals surface area contributed by atoms with Crippen molar-refractivity contribution < 1.29 is 8.42 Å². The molecule has 0 spiro atoms. The molecule has 0 radical (unpaired) electrons. The molecule has 2 rings (SSSR count). The fraction of sp³-hybridized carbons (Fsp3) is 0.462. The van der Waals surface area contributed by atoms with Gasteiger partial charge in [0.2, 0.25) is 0 Å². The van der Waals surface area contributed by atoms with Gasteiger partial charge in [-0.1, -0.05) is 18.2 Å². The Morgan fingerprint density at radius 2 is 1.90 bits per heavy atom. The number of nitriles is 1. The van der Waals surface area contributed by atoms with Gasteiger partial charge in [-0.05, 0) is 12.1 Å². The van der Waals surface area contributed by atoms with Crippen molar-refractivity contribution in [2.45, 2.75) is 6.42 Å². The molecule has 1 aromatic rings. The summed E-state index contributed by atoms with van der Waals surface area (Å²) in [4.78, 5) is 0. The lowest BCUT2D eigenvalue weighted by Crippen LogP contribution is -2.52. The first-order chi connectivity index (χ1) is 9.66. The molecule has 1 fully saturated rings. The Kier molecular flexibility index (Phi) is 4.95. The highest BCUT2D eigenvalue weighted by molar-refractivity contribution is 7.90. The topological polar surface area (TPSA) is 76.4 Å². The van der Waals surface area contributed by atoms with Crippen LogP contribution in [0.15, 0.2) is 30.3 Å². The Morgan fingerprint density at radius 3 is 2.50 bits per heavy atom. The molecule has 0 saturated carbocycles. The third-order valence-electron chi connectivity index (χ3n) is 3.15. The first kappa shape index (κ1) is 14.8. The summed E-state index contributed by atoms with van der Waals surface area (Å²) >= 11 is 0. The van der Waals surface area contributed by atoms with Crippen LogP contribution in [-0.2, 0) is 10.2 Å². The highest BCUT2D eigenvalue weighted by Gasteiger charge is 2.30. The van der Waals surface area contributed by atoms with Gasteiger partial charge in [-0.15, -0.1) is 0 Å². The van der Waals surface area contributed by atoms with Crippen LogP contribution in [0.2, 0.25) is 0 Å². The number of piperazine rings is 1. The maximum atomic E-state index is 12.7. The van der Waals surface area contributed by atoms with Crippen molar-refractivity contribution in [2.75, 3.05) is 37.0 Å². The number of hydrogen-bond donors (Lipinski definition) is 1. The maximum Gasteiger partial charge on any atom is 0.304 e. The number of anilines is 1. The minimum atomic E-state index is -3.57. The van der Waals surface area contributed by atoms with Gasteiger partial charge in [-0.3, -0.25) is 4.31 Å². The van der Waals surface area contributed by atoms with Crippen LogP contribution < -0.4 is 9.62 Å². The van der Waals surface area contributed by atoms with Crippen molar-refractivity contribution in [1.29, 1.82) is 5.26 Å². The zero-order valence-electron chi connectivity index (χ0n) is 11.2. The number of rotatable bonds is 5. The lowest BCUT2D eigenvalue weighted by molar-refractivity contribution is 0.358. The van der Waals surface area contributed by atoms with Gasteiger partial charge in [0.25, 0.3) is 0 Å². The van der Waals surface area contributed by atoms with Crippen LogP contribution in [0, 0.1) is 11.3 Å². The molecule has 0 amide bonds. The van der Waals surface area contributed by atoms with Crippen LogP contribution in [0.4, 0.5) is 5.69 Å². The van der Waals surface area contributed by atoms with Gasteiger partial charge in [0.1, 0.15) is 0 Å². The zero-order chi connectivity index (χ0) is 14.4. The Hall–Kier alpha value is -1.62. The van der Waals surface area contributed by atoms with E-state index in [9.17, 15) is 8.42 Å². The molecule has 0 atom stereocenters.